The first-order chi connectivity index (χ1) is 6.29. The van der Waals surface area contributed by atoms with E-state index in [0.29, 0.717) is 6.04 Å². The van der Waals surface area contributed by atoms with Crippen molar-refractivity contribution in [3.05, 3.63) is 0 Å². The number of rotatable bonds is 0. The number of hydrogen-bond acceptors (Lipinski definition) is 1. The van der Waals surface area contributed by atoms with Gasteiger partial charge in [0.1, 0.15) is 0 Å². The van der Waals surface area contributed by atoms with E-state index in [2.05, 4.69) is 4.90 Å². The zero-order chi connectivity index (χ0) is 9.26. The van der Waals surface area contributed by atoms with Crippen LogP contribution in [0.15, 0.2) is 0 Å². The second-order valence-electron chi connectivity index (χ2n) is 4.33. The molecular formula is C10H19N3. The van der Waals surface area contributed by atoms with Gasteiger partial charge in [-0.15, -0.1) is 0 Å². The molecule has 2 atom stereocenters. The molecule has 0 radical (unpaired) electrons. The average molecular weight is 181 g/mol. The Balaban J connectivity index is 2.06. The minimum Gasteiger partial charge on any atom is -0.370 e. The van der Waals surface area contributed by atoms with Gasteiger partial charge in [0, 0.05) is 12.6 Å². The summed E-state index contributed by atoms with van der Waals surface area (Å²) in [6.07, 6.45) is 7.89. The highest BCUT2D eigenvalue weighted by molar-refractivity contribution is 5.75. The van der Waals surface area contributed by atoms with Gasteiger partial charge in [-0.2, -0.15) is 0 Å². The van der Waals surface area contributed by atoms with Crippen molar-refractivity contribution in [2.24, 2.45) is 11.7 Å². The Hall–Kier alpha value is -0.730. The summed E-state index contributed by atoms with van der Waals surface area (Å²) in [7, 11) is 0. The van der Waals surface area contributed by atoms with Crippen molar-refractivity contribution in [1.82, 2.24) is 4.90 Å². The highest BCUT2D eigenvalue weighted by Crippen LogP contribution is 2.34. The van der Waals surface area contributed by atoms with Crippen molar-refractivity contribution in [2.75, 3.05) is 6.54 Å². The molecular weight excluding hydrogens is 162 g/mol. The van der Waals surface area contributed by atoms with E-state index in [-0.39, 0.29) is 5.96 Å². The van der Waals surface area contributed by atoms with Gasteiger partial charge in [-0.25, -0.2) is 0 Å². The van der Waals surface area contributed by atoms with E-state index in [1.807, 2.05) is 0 Å². The Morgan fingerprint density at radius 2 is 1.85 bits per heavy atom. The number of likely N-dealkylation sites (tertiary alicyclic amines) is 1. The summed E-state index contributed by atoms with van der Waals surface area (Å²) in [5.74, 6) is 1.11. The lowest BCUT2D eigenvalue weighted by atomic mass is 9.78. The zero-order valence-electron chi connectivity index (χ0n) is 8.13. The third-order valence-electron chi connectivity index (χ3n) is 3.55. The third kappa shape index (κ3) is 1.64. The molecule has 0 bridgehead atoms. The van der Waals surface area contributed by atoms with Crippen LogP contribution in [-0.4, -0.2) is 23.4 Å². The van der Waals surface area contributed by atoms with Crippen LogP contribution in [0, 0.1) is 11.3 Å². The summed E-state index contributed by atoms with van der Waals surface area (Å²) in [6, 6.07) is 0.597. The second kappa shape index (κ2) is 3.56. The second-order valence-corrected chi connectivity index (χ2v) is 4.33. The van der Waals surface area contributed by atoms with Crippen LogP contribution in [-0.2, 0) is 0 Å². The molecule has 0 aromatic rings. The summed E-state index contributed by atoms with van der Waals surface area (Å²) in [5.41, 5.74) is 5.58. The largest absolute Gasteiger partial charge is 0.370 e. The van der Waals surface area contributed by atoms with Crippen molar-refractivity contribution < 1.29 is 0 Å². The van der Waals surface area contributed by atoms with E-state index in [4.69, 9.17) is 11.1 Å². The maximum absolute atomic E-state index is 7.52. The van der Waals surface area contributed by atoms with E-state index < -0.39 is 0 Å². The number of nitrogens with two attached hydrogens (primary N) is 1. The summed E-state index contributed by atoms with van der Waals surface area (Å²) < 4.78 is 0. The number of piperidine rings is 1. The molecule has 2 rings (SSSR count). The summed E-state index contributed by atoms with van der Waals surface area (Å²) in [4.78, 5) is 2.12. The zero-order valence-corrected chi connectivity index (χ0v) is 8.13. The number of nitrogens with zero attached hydrogens (tertiary/aromatic N) is 1. The fraction of sp³-hybridized carbons (Fsp3) is 0.900. The maximum atomic E-state index is 7.52. The summed E-state index contributed by atoms with van der Waals surface area (Å²) in [6.45, 7) is 1.01. The minimum absolute atomic E-state index is 0.289. The van der Waals surface area contributed by atoms with Crippen LogP contribution in [0.25, 0.3) is 0 Å². The van der Waals surface area contributed by atoms with Gasteiger partial charge in [-0.1, -0.05) is 12.8 Å². The first-order valence-electron chi connectivity index (χ1n) is 5.39. The smallest absolute Gasteiger partial charge is 0.188 e. The van der Waals surface area contributed by atoms with Crippen LogP contribution in [0.4, 0.5) is 0 Å². The van der Waals surface area contributed by atoms with Crippen molar-refractivity contribution in [2.45, 2.75) is 44.6 Å². The molecule has 1 saturated heterocycles. The fourth-order valence-corrected chi connectivity index (χ4v) is 2.92. The number of guanidine groups is 1. The predicted molar refractivity (Wildman–Crippen MR) is 53.6 cm³/mol. The Kier molecular flexibility index (Phi) is 2.42. The van der Waals surface area contributed by atoms with Crippen LogP contribution in [0.1, 0.15) is 38.5 Å². The van der Waals surface area contributed by atoms with E-state index in [1.54, 1.807) is 0 Å². The van der Waals surface area contributed by atoms with Gasteiger partial charge >= 0.3 is 0 Å². The molecule has 3 heteroatoms. The lowest BCUT2D eigenvalue weighted by Crippen LogP contribution is -2.51. The topological polar surface area (TPSA) is 53.1 Å². The van der Waals surface area contributed by atoms with Gasteiger partial charge in [-0.05, 0) is 31.6 Å². The third-order valence-corrected chi connectivity index (χ3v) is 3.55. The van der Waals surface area contributed by atoms with E-state index in [1.165, 1.54) is 38.5 Å². The molecule has 13 heavy (non-hydrogen) atoms. The molecule has 2 aliphatic rings. The molecule has 0 aromatic heterocycles. The van der Waals surface area contributed by atoms with Gasteiger partial charge in [0.05, 0.1) is 0 Å². The van der Waals surface area contributed by atoms with Gasteiger partial charge < -0.3 is 10.6 Å². The van der Waals surface area contributed by atoms with E-state index in [9.17, 15) is 0 Å². The van der Waals surface area contributed by atoms with E-state index in [0.717, 1.165) is 12.5 Å². The Labute approximate surface area is 79.8 Å². The Morgan fingerprint density at radius 3 is 2.62 bits per heavy atom. The molecule has 1 aliphatic carbocycles. The molecule has 2 fully saturated rings. The number of nitrogens with one attached hydrogen (secondary N) is 1. The predicted octanol–water partition coefficient (Wildman–Crippen LogP) is 1.53. The Bertz CT molecular complexity index is 200. The normalized spacial score (nSPS) is 34.0. The first kappa shape index (κ1) is 8.85. The van der Waals surface area contributed by atoms with E-state index >= 15 is 0 Å². The lowest BCUT2D eigenvalue weighted by Gasteiger charge is -2.44. The maximum Gasteiger partial charge on any atom is 0.188 e. The molecule has 0 unspecified atom stereocenters. The molecule has 1 aliphatic heterocycles. The van der Waals surface area contributed by atoms with Crippen molar-refractivity contribution in [1.29, 1.82) is 5.41 Å². The van der Waals surface area contributed by atoms with Gasteiger partial charge in [-0.3, -0.25) is 5.41 Å². The summed E-state index contributed by atoms with van der Waals surface area (Å²) >= 11 is 0. The molecule has 0 aromatic carbocycles. The van der Waals surface area contributed by atoms with Crippen LogP contribution in [0.5, 0.6) is 0 Å². The molecule has 1 heterocycles. The number of fused-ring (bicyclic) bond motifs is 1. The molecule has 0 spiro atoms. The van der Waals surface area contributed by atoms with Crippen LogP contribution >= 0.6 is 0 Å². The standard InChI is InChI=1S/C10H19N3/c11-10(12)13-7-3-5-8-4-1-2-6-9(8)13/h8-9H,1-7H2,(H3,11,12)/t8-,9-/m0/s1. The van der Waals surface area contributed by atoms with Crippen LogP contribution in [0.2, 0.25) is 0 Å². The monoisotopic (exact) mass is 181 g/mol. The average Bonchev–Trinajstić information content (AvgIpc) is 2.17. The lowest BCUT2D eigenvalue weighted by molar-refractivity contribution is 0.117. The quantitative estimate of drug-likeness (QED) is 0.440. The SMILES string of the molecule is N=C(N)N1CCC[C@@H]2CCCC[C@@H]21. The van der Waals surface area contributed by atoms with Gasteiger partial charge in [0.25, 0.3) is 0 Å². The van der Waals surface area contributed by atoms with Gasteiger partial charge in [0.2, 0.25) is 0 Å². The molecule has 0 amide bonds. The summed E-state index contributed by atoms with van der Waals surface area (Å²) in [5, 5.41) is 7.52. The molecule has 1 saturated carbocycles. The highest BCUT2D eigenvalue weighted by atomic mass is 15.3. The van der Waals surface area contributed by atoms with Crippen LogP contribution < -0.4 is 5.73 Å². The number of hydrogen-bond donors (Lipinski definition) is 2. The van der Waals surface area contributed by atoms with Gasteiger partial charge in [0.15, 0.2) is 5.96 Å². The van der Waals surface area contributed by atoms with Crippen molar-refractivity contribution in [3.63, 3.8) is 0 Å². The fourth-order valence-electron chi connectivity index (χ4n) is 2.92. The molecule has 3 N–H and O–H groups in total. The van der Waals surface area contributed by atoms with Crippen LogP contribution in [0.3, 0.4) is 0 Å². The minimum atomic E-state index is 0.289. The first-order valence-corrected chi connectivity index (χ1v) is 5.39. The molecule has 3 nitrogen and oxygen atoms in total. The molecule has 74 valence electrons. The Morgan fingerprint density at radius 1 is 1.15 bits per heavy atom. The highest BCUT2D eigenvalue weighted by Gasteiger charge is 2.33. The van der Waals surface area contributed by atoms with Crippen molar-refractivity contribution in [3.8, 4) is 0 Å². The van der Waals surface area contributed by atoms with Crippen molar-refractivity contribution >= 4 is 5.96 Å².